The van der Waals surface area contributed by atoms with Gasteiger partial charge in [-0.05, 0) is 46.3 Å². The van der Waals surface area contributed by atoms with Crippen molar-refractivity contribution in [1.29, 1.82) is 0 Å². The number of hydrazone groups is 1. The molecule has 8 heteroatoms. The lowest BCUT2D eigenvalue weighted by atomic mass is 10.1. The molecule has 0 aliphatic rings. The van der Waals surface area contributed by atoms with E-state index in [4.69, 9.17) is 5.21 Å². The Morgan fingerprint density at radius 1 is 1.29 bits per heavy atom. The van der Waals surface area contributed by atoms with E-state index in [0.717, 1.165) is 11.1 Å². The summed E-state index contributed by atoms with van der Waals surface area (Å²) in [6, 6.07) is 10.5. The molecule has 0 saturated carbocycles. The molecule has 2 rings (SSSR count). The highest BCUT2D eigenvalue weighted by molar-refractivity contribution is 9.10. The van der Waals surface area contributed by atoms with Gasteiger partial charge in [0.2, 0.25) is 0 Å². The Balaban J connectivity index is 2.17. The highest BCUT2D eigenvalue weighted by Gasteiger charge is 2.14. The van der Waals surface area contributed by atoms with Gasteiger partial charge in [-0.25, -0.2) is 14.9 Å². The number of carbonyl (C=O) groups is 2. The number of rotatable bonds is 4. The van der Waals surface area contributed by atoms with Gasteiger partial charge in [-0.1, -0.05) is 12.1 Å². The number of hydrogen-bond acceptors (Lipinski definition) is 4. The Hall–Kier alpha value is -2.58. The van der Waals surface area contributed by atoms with E-state index in [2.05, 4.69) is 21.0 Å². The van der Waals surface area contributed by atoms with Crippen molar-refractivity contribution >= 4 is 34.0 Å². The smallest absolute Gasteiger partial charge is 0.274 e. The largest absolute Gasteiger partial charge is 0.288 e. The normalized spacial score (nSPS) is 10.7. The number of hydroxylamine groups is 1. The molecular weight excluding hydrogens is 381 g/mol. The molecule has 0 fully saturated rings. The second-order valence-corrected chi connectivity index (χ2v) is 5.58. The zero-order chi connectivity index (χ0) is 17.7. The van der Waals surface area contributed by atoms with Crippen LogP contribution in [0.4, 0.5) is 4.39 Å². The predicted molar refractivity (Wildman–Crippen MR) is 89.5 cm³/mol. The van der Waals surface area contributed by atoms with Crippen LogP contribution in [0, 0.1) is 5.82 Å². The lowest BCUT2D eigenvalue weighted by molar-refractivity contribution is 0.0705. The second kappa shape index (κ2) is 7.80. The summed E-state index contributed by atoms with van der Waals surface area (Å²) in [7, 11) is 1.45. The van der Waals surface area contributed by atoms with Crippen LogP contribution in [0.15, 0.2) is 52.0 Å². The maximum Gasteiger partial charge on any atom is 0.274 e. The molecule has 0 aliphatic carbocycles. The molecule has 24 heavy (non-hydrogen) atoms. The highest BCUT2D eigenvalue weighted by Crippen LogP contribution is 2.17. The number of nitrogens with zero attached hydrogens (tertiary/aromatic N) is 2. The fourth-order valence-electron chi connectivity index (χ4n) is 1.85. The molecule has 6 nitrogen and oxygen atoms in total. The van der Waals surface area contributed by atoms with E-state index in [1.54, 1.807) is 24.3 Å². The van der Waals surface area contributed by atoms with Gasteiger partial charge in [-0.3, -0.25) is 14.8 Å². The number of hydrogen-bond donors (Lipinski definition) is 2. The number of carbonyl (C=O) groups excluding carboxylic acids is 2. The number of amides is 2. The summed E-state index contributed by atoms with van der Waals surface area (Å²) in [5, 5.41) is 13.5. The first-order valence-electron chi connectivity index (χ1n) is 6.74. The Kier molecular flexibility index (Phi) is 5.78. The molecule has 0 aliphatic heterocycles. The molecular formula is C16H13BrFN3O3. The SMILES string of the molecule is CN(N=Cc1ccc(C(=O)NO)cc1F)C(=O)c1ccccc1Br. The van der Waals surface area contributed by atoms with Crippen LogP contribution in [-0.2, 0) is 0 Å². The van der Waals surface area contributed by atoms with Gasteiger partial charge >= 0.3 is 0 Å². The topological polar surface area (TPSA) is 82.0 Å². The van der Waals surface area contributed by atoms with Crippen LogP contribution in [0.1, 0.15) is 26.3 Å². The van der Waals surface area contributed by atoms with Gasteiger partial charge in [0.15, 0.2) is 0 Å². The molecule has 0 aromatic heterocycles. The van der Waals surface area contributed by atoms with Gasteiger partial charge in [0.05, 0.1) is 11.8 Å². The average molecular weight is 394 g/mol. The molecule has 0 heterocycles. The first-order chi connectivity index (χ1) is 11.4. The highest BCUT2D eigenvalue weighted by atomic mass is 79.9. The van der Waals surface area contributed by atoms with Crippen LogP contribution in [0.3, 0.4) is 0 Å². The fourth-order valence-corrected chi connectivity index (χ4v) is 2.30. The quantitative estimate of drug-likeness (QED) is 0.476. The molecule has 0 radical (unpaired) electrons. The minimum absolute atomic E-state index is 0.0372. The summed E-state index contributed by atoms with van der Waals surface area (Å²) in [5.74, 6) is -1.89. The Morgan fingerprint density at radius 3 is 2.62 bits per heavy atom. The lowest BCUT2D eigenvalue weighted by Gasteiger charge is -2.12. The van der Waals surface area contributed by atoms with E-state index in [0.29, 0.717) is 10.0 Å². The molecule has 0 saturated heterocycles. The number of nitrogens with one attached hydrogen (secondary N) is 1. The van der Waals surface area contributed by atoms with E-state index in [9.17, 15) is 14.0 Å². The monoisotopic (exact) mass is 393 g/mol. The van der Waals surface area contributed by atoms with Crippen molar-refractivity contribution in [2.45, 2.75) is 0 Å². The van der Waals surface area contributed by atoms with Gasteiger partial charge in [0, 0.05) is 22.6 Å². The third-order valence-electron chi connectivity index (χ3n) is 3.13. The molecule has 0 atom stereocenters. The summed E-state index contributed by atoms with van der Waals surface area (Å²) in [6.07, 6.45) is 1.17. The molecule has 2 amide bonds. The van der Waals surface area contributed by atoms with Gasteiger partial charge in [0.25, 0.3) is 11.8 Å². The van der Waals surface area contributed by atoms with Crippen LogP contribution in [0.2, 0.25) is 0 Å². The third kappa shape index (κ3) is 4.03. The molecule has 2 N–H and O–H groups in total. The van der Waals surface area contributed by atoms with Crippen LogP contribution in [-0.4, -0.2) is 35.3 Å². The third-order valence-corrected chi connectivity index (χ3v) is 3.82. The van der Waals surface area contributed by atoms with Gasteiger partial charge in [0.1, 0.15) is 5.82 Å². The molecule has 0 spiro atoms. The zero-order valence-corrected chi connectivity index (χ0v) is 14.1. The summed E-state index contributed by atoms with van der Waals surface area (Å²) in [5.41, 5.74) is 1.90. The Morgan fingerprint density at radius 2 is 2.00 bits per heavy atom. The van der Waals surface area contributed by atoms with Gasteiger partial charge in [-0.15, -0.1) is 0 Å². The van der Waals surface area contributed by atoms with E-state index in [1.807, 2.05) is 0 Å². The van der Waals surface area contributed by atoms with Crippen molar-refractivity contribution in [3.63, 3.8) is 0 Å². The minimum Gasteiger partial charge on any atom is -0.288 e. The summed E-state index contributed by atoms with van der Waals surface area (Å²) in [6.45, 7) is 0. The van der Waals surface area contributed by atoms with Crippen LogP contribution in [0.25, 0.3) is 0 Å². The van der Waals surface area contributed by atoms with E-state index >= 15 is 0 Å². The van der Waals surface area contributed by atoms with Crippen LogP contribution < -0.4 is 5.48 Å². The van der Waals surface area contributed by atoms with Gasteiger partial charge in [-0.2, -0.15) is 5.10 Å². The molecule has 0 bridgehead atoms. The maximum atomic E-state index is 13.9. The van der Waals surface area contributed by atoms with E-state index in [-0.39, 0.29) is 17.0 Å². The molecule has 124 valence electrons. The number of halogens is 2. The zero-order valence-electron chi connectivity index (χ0n) is 12.5. The van der Waals surface area contributed by atoms with Crippen molar-refractivity contribution in [1.82, 2.24) is 10.5 Å². The molecule has 2 aromatic carbocycles. The molecule has 0 unspecified atom stereocenters. The maximum absolute atomic E-state index is 13.9. The first kappa shape index (κ1) is 17.8. The standard InChI is InChI=1S/C16H13BrFN3O3/c1-21(16(23)12-4-2-3-5-13(12)17)19-9-11-7-6-10(8-14(11)18)15(22)20-24/h2-9,24H,1H3,(H,20,22). The second-order valence-electron chi connectivity index (χ2n) is 4.73. The summed E-state index contributed by atoms with van der Waals surface area (Å²) >= 11 is 3.28. The average Bonchev–Trinajstić information content (AvgIpc) is 2.59. The van der Waals surface area contributed by atoms with Crippen LogP contribution >= 0.6 is 15.9 Å². The van der Waals surface area contributed by atoms with E-state index in [1.165, 1.54) is 30.9 Å². The Bertz CT molecular complexity index is 811. The van der Waals surface area contributed by atoms with Crippen molar-refractivity contribution < 1.29 is 19.2 Å². The predicted octanol–water partition coefficient (Wildman–Crippen LogP) is 2.81. The summed E-state index contributed by atoms with van der Waals surface area (Å²) < 4.78 is 14.5. The first-order valence-corrected chi connectivity index (χ1v) is 7.54. The minimum atomic E-state index is -0.821. The van der Waals surface area contributed by atoms with Crippen molar-refractivity contribution in [3.05, 3.63) is 69.4 Å². The van der Waals surface area contributed by atoms with Crippen LogP contribution in [0.5, 0.6) is 0 Å². The lowest BCUT2D eigenvalue weighted by Crippen LogP contribution is -2.22. The molecule has 2 aromatic rings. The number of benzene rings is 2. The van der Waals surface area contributed by atoms with Gasteiger partial charge < -0.3 is 0 Å². The Labute approximate surface area is 145 Å². The summed E-state index contributed by atoms with van der Waals surface area (Å²) in [4.78, 5) is 23.5. The van der Waals surface area contributed by atoms with Crippen molar-refractivity contribution in [3.8, 4) is 0 Å². The van der Waals surface area contributed by atoms with Crippen molar-refractivity contribution in [2.24, 2.45) is 5.10 Å². The fraction of sp³-hybridized carbons (Fsp3) is 0.0625. The van der Waals surface area contributed by atoms with E-state index < -0.39 is 11.7 Å². The van der Waals surface area contributed by atoms with Crippen molar-refractivity contribution in [2.75, 3.05) is 7.05 Å².